The number of rotatable bonds is 6. The lowest BCUT2D eigenvalue weighted by atomic mass is 10.2. The van der Waals surface area contributed by atoms with E-state index in [1.807, 2.05) is 43.3 Å². The number of hydrogen-bond acceptors (Lipinski definition) is 4. The molecule has 0 aliphatic carbocycles. The van der Waals surface area contributed by atoms with Crippen molar-refractivity contribution in [3.8, 4) is 11.5 Å². The van der Waals surface area contributed by atoms with E-state index in [4.69, 9.17) is 4.74 Å². The lowest BCUT2D eigenvalue weighted by Gasteiger charge is -2.11. The fraction of sp³-hybridized carbons (Fsp3) is 0.211. The van der Waals surface area contributed by atoms with Crippen molar-refractivity contribution in [1.82, 2.24) is 5.32 Å². The van der Waals surface area contributed by atoms with Crippen molar-refractivity contribution in [3.05, 3.63) is 59.7 Å². The first-order chi connectivity index (χ1) is 11.5. The fourth-order valence-electron chi connectivity index (χ4n) is 2.14. The summed E-state index contributed by atoms with van der Waals surface area (Å²) in [7, 11) is 5.45. The zero-order valence-electron chi connectivity index (χ0n) is 14.1. The lowest BCUT2D eigenvalue weighted by Crippen LogP contribution is -2.20. The second-order valence-corrected chi connectivity index (χ2v) is 5.54. The van der Waals surface area contributed by atoms with Crippen LogP contribution in [0, 0.1) is 0 Å². The Hall–Kier alpha value is -2.95. The number of carbonyl (C=O) groups excluding carboxylic acids is 1. The molecule has 0 atom stereocenters. The largest absolute Gasteiger partial charge is 0.504 e. The van der Waals surface area contributed by atoms with Gasteiger partial charge in [-0.1, -0.05) is 18.2 Å². The highest BCUT2D eigenvalue weighted by Gasteiger charge is 2.03. The number of amides is 1. The summed E-state index contributed by atoms with van der Waals surface area (Å²) in [5.41, 5.74) is 2.92. The molecule has 0 fully saturated rings. The first-order valence-electron chi connectivity index (χ1n) is 7.59. The molecule has 2 aromatic rings. The van der Waals surface area contributed by atoms with Gasteiger partial charge in [0.05, 0.1) is 7.11 Å². The maximum atomic E-state index is 11.9. The standard InChI is InChI=1S/C19H22N2O3/c1-21(2)16-8-4-14(5-9-16)7-11-19(23)20-13-15-6-10-17(22)18(12-15)24-3/h4-12,22H,13H2,1-3H3,(H,20,23)/b11-7+. The van der Waals surface area contributed by atoms with Gasteiger partial charge in [0.25, 0.3) is 0 Å². The summed E-state index contributed by atoms with van der Waals surface area (Å²) in [5.74, 6) is 0.283. The van der Waals surface area contributed by atoms with E-state index in [1.165, 1.54) is 13.2 Å². The van der Waals surface area contributed by atoms with Gasteiger partial charge in [-0.15, -0.1) is 0 Å². The molecule has 0 radical (unpaired) electrons. The van der Waals surface area contributed by atoms with Crippen LogP contribution in [0.5, 0.6) is 11.5 Å². The molecule has 24 heavy (non-hydrogen) atoms. The maximum Gasteiger partial charge on any atom is 0.244 e. The number of nitrogens with zero attached hydrogens (tertiary/aromatic N) is 1. The van der Waals surface area contributed by atoms with Crippen molar-refractivity contribution < 1.29 is 14.6 Å². The van der Waals surface area contributed by atoms with E-state index in [0.29, 0.717) is 12.3 Å². The molecule has 5 nitrogen and oxygen atoms in total. The Balaban J connectivity index is 1.91. The fourth-order valence-corrected chi connectivity index (χ4v) is 2.14. The predicted octanol–water partition coefficient (Wildman–Crippen LogP) is 2.80. The van der Waals surface area contributed by atoms with Crippen LogP contribution in [0.1, 0.15) is 11.1 Å². The number of ether oxygens (including phenoxy) is 1. The van der Waals surface area contributed by atoms with Crippen LogP contribution in [0.15, 0.2) is 48.5 Å². The van der Waals surface area contributed by atoms with Crippen molar-refractivity contribution in [2.75, 3.05) is 26.1 Å². The summed E-state index contributed by atoms with van der Waals surface area (Å²) in [6, 6.07) is 12.9. The van der Waals surface area contributed by atoms with Crippen molar-refractivity contribution in [1.29, 1.82) is 0 Å². The Morgan fingerprint density at radius 3 is 2.54 bits per heavy atom. The summed E-state index contributed by atoms with van der Waals surface area (Å²) in [6.45, 7) is 0.360. The zero-order chi connectivity index (χ0) is 17.5. The molecule has 0 spiro atoms. The van der Waals surface area contributed by atoms with Gasteiger partial charge in [0.1, 0.15) is 0 Å². The molecule has 0 aliphatic rings. The molecule has 126 valence electrons. The molecular weight excluding hydrogens is 304 g/mol. The van der Waals surface area contributed by atoms with Crippen LogP contribution in [0.4, 0.5) is 5.69 Å². The number of nitrogens with one attached hydrogen (secondary N) is 1. The third-order valence-electron chi connectivity index (χ3n) is 3.55. The van der Waals surface area contributed by atoms with Gasteiger partial charge in [-0.3, -0.25) is 4.79 Å². The molecular formula is C19H22N2O3. The summed E-state index contributed by atoms with van der Waals surface area (Å²) < 4.78 is 5.04. The van der Waals surface area contributed by atoms with E-state index in [2.05, 4.69) is 5.32 Å². The quantitative estimate of drug-likeness (QED) is 0.801. The molecule has 2 N–H and O–H groups in total. The minimum Gasteiger partial charge on any atom is -0.504 e. The average molecular weight is 326 g/mol. The van der Waals surface area contributed by atoms with Crippen LogP contribution in [-0.4, -0.2) is 32.2 Å². The summed E-state index contributed by atoms with van der Waals surface area (Å²) in [6.07, 6.45) is 3.27. The molecule has 0 saturated heterocycles. The normalized spacial score (nSPS) is 10.6. The molecule has 0 saturated carbocycles. The van der Waals surface area contributed by atoms with Gasteiger partial charge in [0.15, 0.2) is 11.5 Å². The Morgan fingerprint density at radius 2 is 1.92 bits per heavy atom. The van der Waals surface area contributed by atoms with Crippen molar-refractivity contribution in [2.24, 2.45) is 0 Å². The minimum absolute atomic E-state index is 0.0774. The van der Waals surface area contributed by atoms with Gasteiger partial charge in [0.2, 0.25) is 5.91 Å². The topological polar surface area (TPSA) is 61.8 Å². The van der Waals surface area contributed by atoms with E-state index in [1.54, 1.807) is 24.3 Å². The molecule has 2 rings (SSSR count). The highest BCUT2D eigenvalue weighted by molar-refractivity contribution is 5.91. The van der Waals surface area contributed by atoms with E-state index in [9.17, 15) is 9.90 Å². The number of phenolic OH excluding ortho intramolecular Hbond substituents is 1. The van der Waals surface area contributed by atoms with Crippen LogP contribution in [0.25, 0.3) is 6.08 Å². The van der Waals surface area contributed by atoms with Crippen LogP contribution in [0.2, 0.25) is 0 Å². The Kier molecular flexibility index (Phi) is 5.84. The number of phenols is 1. The van der Waals surface area contributed by atoms with Gasteiger partial charge in [-0.25, -0.2) is 0 Å². The van der Waals surface area contributed by atoms with E-state index in [0.717, 1.165) is 16.8 Å². The van der Waals surface area contributed by atoms with Gasteiger partial charge in [-0.2, -0.15) is 0 Å². The van der Waals surface area contributed by atoms with Gasteiger partial charge >= 0.3 is 0 Å². The minimum atomic E-state index is -0.182. The third-order valence-corrected chi connectivity index (χ3v) is 3.55. The summed E-state index contributed by atoms with van der Waals surface area (Å²) >= 11 is 0. The molecule has 0 aliphatic heterocycles. The SMILES string of the molecule is COc1cc(CNC(=O)/C=C/c2ccc(N(C)C)cc2)ccc1O. The average Bonchev–Trinajstić information content (AvgIpc) is 2.59. The second-order valence-electron chi connectivity index (χ2n) is 5.54. The van der Waals surface area contributed by atoms with Crippen molar-refractivity contribution >= 4 is 17.7 Å². The highest BCUT2D eigenvalue weighted by atomic mass is 16.5. The molecule has 0 bridgehead atoms. The molecule has 0 aromatic heterocycles. The first-order valence-corrected chi connectivity index (χ1v) is 7.59. The van der Waals surface area contributed by atoms with Crippen molar-refractivity contribution in [3.63, 3.8) is 0 Å². The number of carbonyl (C=O) groups is 1. The molecule has 5 heteroatoms. The number of anilines is 1. The van der Waals surface area contributed by atoms with Crippen molar-refractivity contribution in [2.45, 2.75) is 6.54 Å². The third kappa shape index (κ3) is 4.78. The Bertz CT molecular complexity index is 722. The zero-order valence-corrected chi connectivity index (χ0v) is 14.1. The van der Waals surface area contributed by atoms with Crippen LogP contribution >= 0.6 is 0 Å². The smallest absolute Gasteiger partial charge is 0.244 e. The predicted molar refractivity (Wildman–Crippen MR) is 96.3 cm³/mol. The Labute approximate surface area is 142 Å². The molecule has 0 heterocycles. The molecule has 2 aromatic carbocycles. The van der Waals surface area contributed by atoms with Gasteiger partial charge in [-0.05, 0) is 41.5 Å². The second kappa shape index (κ2) is 8.06. The van der Waals surface area contributed by atoms with Gasteiger partial charge in [0, 0.05) is 32.4 Å². The summed E-state index contributed by atoms with van der Waals surface area (Å²) in [4.78, 5) is 13.9. The van der Waals surface area contributed by atoms with E-state index < -0.39 is 0 Å². The van der Waals surface area contributed by atoms with E-state index in [-0.39, 0.29) is 11.7 Å². The lowest BCUT2D eigenvalue weighted by molar-refractivity contribution is -0.116. The van der Waals surface area contributed by atoms with Crippen LogP contribution < -0.4 is 15.0 Å². The van der Waals surface area contributed by atoms with Crippen LogP contribution in [-0.2, 0) is 11.3 Å². The van der Waals surface area contributed by atoms with E-state index >= 15 is 0 Å². The first kappa shape index (κ1) is 17.4. The molecule has 0 unspecified atom stereocenters. The number of hydrogen-bond donors (Lipinski definition) is 2. The maximum absolute atomic E-state index is 11.9. The number of benzene rings is 2. The number of methoxy groups -OCH3 is 1. The molecule has 1 amide bonds. The monoisotopic (exact) mass is 326 g/mol. The van der Waals surface area contributed by atoms with Gasteiger partial charge < -0.3 is 20.1 Å². The Morgan fingerprint density at radius 1 is 1.21 bits per heavy atom. The van der Waals surface area contributed by atoms with Crippen LogP contribution in [0.3, 0.4) is 0 Å². The highest BCUT2D eigenvalue weighted by Crippen LogP contribution is 2.26. The summed E-state index contributed by atoms with van der Waals surface area (Å²) in [5, 5.41) is 12.3. The number of aromatic hydroxyl groups is 1.